The molecule has 0 aromatic carbocycles. The molecule has 4 heterocycles. The van der Waals surface area contributed by atoms with Crippen LogP contribution < -0.4 is 5.69 Å². The van der Waals surface area contributed by atoms with Crippen molar-refractivity contribution < 1.29 is 4.79 Å². The molecule has 1 amide bonds. The van der Waals surface area contributed by atoms with Crippen LogP contribution >= 0.6 is 0 Å². The van der Waals surface area contributed by atoms with Gasteiger partial charge in [0.25, 0.3) is 5.91 Å². The van der Waals surface area contributed by atoms with Gasteiger partial charge in [0.2, 0.25) is 0 Å². The first-order valence-corrected chi connectivity index (χ1v) is 8.65. The fourth-order valence-corrected chi connectivity index (χ4v) is 3.53. The normalized spacial score (nSPS) is 15.5. The number of amides is 1. The van der Waals surface area contributed by atoms with Crippen molar-refractivity contribution in [1.29, 1.82) is 0 Å². The minimum absolute atomic E-state index is 0.0106. The molecule has 1 aliphatic heterocycles. The molecular formula is C18H20N6O2. The van der Waals surface area contributed by atoms with Crippen LogP contribution in [-0.2, 0) is 7.05 Å². The molecular weight excluding hydrogens is 332 g/mol. The van der Waals surface area contributed by atoms with E-state index in [4.69, 9.17) is 0 Å². The Morgan fingerprint density at radius 1 is 1.15 bits per heavy atom. The zero-order valence-electron chi connectivity index (χ0n) is 14.8. The number of piperidine rings is 1. The third kappa shape index (κ3) is 2.67. The summed E-state index contributed by atoms with van der Waals surface area (Å²) in [5, 5.41) is 0. The number of aromatic nitrogens is 5. The summed E-state index contributed by atoms with van der Waals surface area (Å²) in [5.74, 6) is -0.0106. The van der Waals surface area contributed by atoms with Crippen LogP contribution in [0.15, 0.2) is 35.6 Å². The monoisotopic (exact) mass is 352 g/mol. The quantitative estimate of drug-likeness (QED) is 0.694. The molecule has 26 heavy (non-hydrogen) atoms. The standard InChI is InChI=1S/C18H20N6O2/c1-12-3-4-13(9-20-12)17(25)23-7-5-14(6-8-23)24-16-15(10-19-11-21-16)22(2)18(24)26/h3-4,9-11,14H,5-8H2,1-2H3. The molecule has 0 bridgehead atoms. The highest BCUT2D eigenvalue weighted by atomic mass is 16.2. The first kappa shape index (κ1) is 16.4. The molecule has 0 saturated carbocycles. The molecule has 8 heteroatoms. The predicted molar refractivity (Wildman–Crippen MR) is 95.9 cm³/mol. The minimum atomic E-state index is -0.0898. The van der Waals surface area contributed by atoms with Crippen LogP contribution in [-0.4, -0.2) is 48.0 Å². The van der Waals surface area contributed by atoms with Gasteiger partial charge in [-0.25, -0.2) is 14.8 Å². The Morgan fingerprint density at radius 2 is 1.92 bits per heavy atom. The maximum Gasteiger partial charge on any atom is 0.330 e. The maximum atomic E-state index is 12.6. The first-order chi connectivity index (χ1) is 12.6. The number of rotatable bonds is 2. The summed E-state index contributed by atoms with van der Waals surface area (Å²) in [6.07, 6.45) is 6.17. The van der Waals surface area contributed by atoms with Crippen molar-refractivity contribution in [2.45, 2.75) is 25.8 Å². The van der Waals surface area contributed by atoms with E-state index in [-0.39, 0.29) is 17.6 Å². The molecule has 8 nitrogen and oxygen atoms in total. The van der Waals surface area contributed by atoms with Gasteiger partial charge in [-0.15, -0.1) is 0 Å². The Morgan fingerprint density at radius 3 is 2.62 bits per heavy atom. The van der Waals surface area contributed by atoms with Crippen molar-refractivity contribution in [1.82, 2.24) is 29.0 Å². The summed E-state index contributed by atoms with van der Waals surface area (Å²) < 4.78 is 3.32. The van der Waals surface area contributed by atoms with Gasteiger partial charge in [-0.1, -0.05) is 0 Å². The number of hydrogen-bond donors (Lipinski definition) is 0. The van der Waals surface area contributed by atoms with E-state index in [2.05, 4.69) is 15.0 Å². The van der Waals surface area contributed by atoms with E-state index in [9.17, 15) is 9.59 Å². The van der Waals surface area contributed by atoms with Crippen LogP contribution in [0.25, 0.3) is 11.2 Å². The second kappa shape index (κ2) is 6.36. The van der Waals surface area contributed by atoms with Gasteiger partial charge in [0.1, 0.15) is 11.8 Å². The summed E-state index contributed by atoms with van der Waals surface area (Å²) in [6.45, 7) is 3.10. The highest BCUT2D eigenvalue weighted by Gasteiger charge is 2.27. The average Bonchev–Trinajstić information content (AvgIpc) is 2.93. The highest BCUT2D eigenvalue weighted by molar-refractivity contribution is 5.94. The van der Waals surface area contributed by atoms with E-state index in [1.165, 1.54) is 6.33 Å². The molecule has 3 aromatic rings. The first-order valence-electron chi connectivity index (χ1n) is 8.65. The summed E-state index contributed by atoms with van der Waals surface area (Å²) in [6, 6.07) is 3.68. The molecule has 0 aliphatic carbocycles. The highest BCUT2D eigenvalue weighted by Crippen LogP contribution is 2.25. The lowest BCUT2D eigenvalue weighted by Gasteiger charge is -2.32. The van der Waals surface area contributed by atoms with Gasteiger partial charge in [-0.2, -0.15) is 0 Å². The van der Waals surface area contributed by atoms with E-state index in [0.29, 0.717) is 37.1 Å². The van der Waals surface area contributed by atoms with Crippen LogP contribution in [0.5, 0.6) is 0 Å². The van der Waals surface area contributed by atoms with E-state index in [1.807, 2.05) is 24.0 Å². The van der Waals surface area contributed by atoms with Gasteiger partial charge < -0.3 is 4.90 Å². The van der Waals surface area contributed by atoms with Gasteiger partial charge in [0.05, 0.1) is 11.8 Å². The maximum absolute atomic E-state index is 12.6. The smallest absolute Gasteiger partial charge is 0.330 e. The minimum Gasteiger partial charge on any atom is -0.338 e. The summed E-state index contributed by atoms with van der Waals surface area (Å²) in [7, 11) is 1.73. The van der Waals surface area contributed by atoms with Gasteiger partial charge >= 0.3 is 5.69 Å². The van der Waals surface area contributed by atoms with Gasteiger partial charge in [0.15, 0.2) is 5.65 Å². The Hall–Kier alpha value is -3.03. The van der Waals surface area contributed by atoms with Crippen molar-refractivity contribution in [2.24, 2.45) is 7.05 Å². The van der Waals surface area contributed by atoms with Gasteiger partial charge in [-0.3, -0.25) is 18.9 Å². The predicted octanol–water partition coefficient (Wildman–Crippen LogP) is 1.31. The molecule has 0 radical (unpaired) electrons. The number of hydrogen-bond acceptors (Lipinski definition) is 5. The van der Waals surface area contributed by atoms with E-state index >= 15 is 0 Å². The van der Waals surface area contributed by atoms with Crippen LogP contribution in [0.2, 0.25) is 0 Å². The lowest BCUT2D eigenvalue weighted by molar-refractivity contribution is 0.0694. The fourth-order valence-electron chi connectivity index (χ4n) is 3.53. The van der Waals surface area contributed by atoms with E-state index in [0.717, 1.165) is 11.2 Å². The van der Waals surface area contributed by atoms with Crippen LogP contribution in [0.3, 0.4) is 0 Å². The molecule has 0 N–H and O–H groups in total. The molecule has 3 aromatic heterocycles. The Labute approximate surface area is 150 Å². The SMILES string of the molecule is Cc1ccc(C(=O)N2CCC(n3c(=O)n(C)c4cncnc43)CC2)cn1. The number of pyridine rings is 1. The number of aryl methyl sites for hydroxylation is 2. The van der Waals surface area contributed by atoms with Crippen LogP contribution in [0, 0.1) is 6.92 Å². The Kier molecular flexibility index (Phi) is 4.02. The second-order valence-corrected chi connectivity index (χ2v) is 6.65. The number of fused-ring (bicyclic) bond motifs is 1. The van der Waals surface area contributed by atoms with E-state index in [1.54, 1.807) is 28.6 Å². The van der Waals surface area contributed by atoms with Gasteiger partial charge in [-0.05, 0) is 31.9 Å². The largest absolute Gasteiger partial charge is 0.338 e. The lowest BCUT2D eigenvalue weighted by Crippen LogP contribution is -2.41. The number of likely N-dealkylation sites (tertiary alicyclic amines) is 1. The number of imidazole rings is 1. The zero-order valence-corrected chi connectivity index (χ0v) is 14.8. The zero-order chi connectivity index (χ0) is 18.3. The van der Waals surface area contributed by atoms with Crippen LogP contribution in [0.1, 0.15) is 34.9 Å². The van der Waals surface area contributed by atoms with Crippen LogP contribution in [0.4, 0.5) is 0 Å². The topological polar surface area (TPSA) is 85.9 Å². The molecule has 4 rings (SSSR count). The summed E-state index contributed by atoms with van der Waals surface area (Å²) in [5.41, 5.74) is 2.77. The lowest BCUT2D eigenvalue weighted by atomic mass is 10.0. The van der Waals surface area contributed by atoms with Gasteiger partial charge in [0, 0.05) is 38.1 Å². The van der Waals surface area contributed by atoms with Crippen molar-refractivity contribution in [3.05, 3.63) is 52.6 Å². The number of nitrogens with zero attached hydrogens (tertiary/aromatic N) is 6. The van der Waals surface area contributed by atoms with E-state index < -0.39 is 0 Å². The number of carbonyl (C=O) groups is 1. The number of carbonyl (C=O) groups excluding carboxylic acids is 1. The van der Waals surface area contributed by atoms with Crippen molar-refractivity contribution in [3.63, 3.8) is 0 Å². The van der Waals surface area contributed by atoms with Crippen molar-refractivity contribution in [3.8, 4) is 0 Å². The molecule has 0 unspecified atom stereocenters. The van der Waals surface area contributed by atoms with Crippen molar-refractivity contribution in [2.75, 3.05) is 13.1 Å². The fraction of sp³-hybridized carbons (Fsp3) is 0.389. The summed E-state index contributed by atoms with van der Waals surface area (Å²) >= 11 is 0. The Bertz CT molecular complexity index is 1010. The third-order valence-electron chi connectivity index (χ3n) is 5.03. The molecule has 1 aliphatic rings. The molecule has 1 saturated heterocycles. The molecule has 0 spiro atoms. The molecule has 1 fully saturated rings. The summed E-state index contributed by atoms with van der Waals surface area (Å²) in [4.78, 5) is 39.6. The molecule has 0 atom stereocenters. The second-order valence-electron chi connectivity index (χ2n) is 6.65. The van der Waals surface area contributed by atoms with Crippen molar-refractivity contribution >= 4 is 17.1 Å². The Balaban J connectivity index is 1.54. The molecule has 134 valence electrons. The average molecular weight is 352 g/mol. The third-order valence-corrected chi connectivity index (χ3v) is 5.03.